The summed E-state index contributed by atoms with van der Waals surface area (Å²) in [6, 6.07) is -0.750. The summed E-state index contributed by atoms with van der Waals surface area (Å²) in [6.45, 7) is 0.626. The first-order chi connectivity index (χ1) is 10.0. The van der Waals surface area contributed by atoms with E-state index in [0.29, 0.717) is 24.6 Å². The van der Waals surface area contributed by atoms with Gasteiger partial charge < -0.3 is 16.4 Å². The number of nitrogens with two attached hydrogens (primary N) is 1. The second kappa shape index (κ2) is 7.15. The third kappa shape index (κ3) is 4.12. The SMILES string of the molecule is CS[C@H]1CC[C@H](C(=O)N[C@@H](C[C@@H]2CCNC2=O)C(N)=O)C1. The van der Waals surface area contributed by atoms with E-state index >= 15 is 0 Å². The molecule has 1 saturated carbocycles. The van der Waals surface area contributed by atoms with Crippen molar-refractivity contribution < 1.29 is 14.4 Å². The van der Waals surface area contributed by atoms with E-state index in [1.165, 1.54) is 0 Å². The number of hydrogen-bond donors (Lipinski definition) is 3. The molecule has 6 nitrogen and oxygen atoms in total. The van der Waals surface area contributed by atoms with Crippen molar-refractivity contribution in [2.24, 2.45) is 17.6 Å². The summed E-state index contributed by atoms with van der Waals surface area (Å²) in [7, 11) is 0. The summed E-state index contributed by atoms with van der Waals surface area (Å²) in [6.07, 6.45) is 5.78. The maximum atomic E-state index is 12.2. The number of amides is 3. The van der Waals surface area contributed by atoms with Crippen LogP contribution in [-0.2, 0) is 14.4 Å². The zero-order chi connectivity index (χ0) is 15.4. The van der Waals surface area contributed by atoms with Crippen molar-refractivity contribution >= 4 is 29.5 Å². The lowest BCUT2D eigenvalue weighted by molar-refractivity contribution is -0.131. The van der Waals surface area contributed by atoms with Crippen molar-refractivity contribution in [1.82, 2.24) is 10.6 Å². The van der Waals surface area contributed by atoms with Crippen LogP contribution in [0.1, 0.15) is 32.1 Å². The third-order valence-corrected chi connectivity index (χ3v) is 5.53. The molecule has 3 amide bonds. The van der Waals surface area contributed by atoms with Gasteiger partial charge in [-0.25, -0.2) is 0 Å². The van der Waals surface area contributed by atoms with Gasteiger partial charge in [-0.1, -0.05) is 0 Å². The predicted octanol–water partition coefficient (Wildman–Crippen LogP) is 0.0144. The summed E-state index contributed by atoms with van der Waals surface area (Å²) in [4.78, 5) is 35.4. The first-order valence-corrected chi connectivity index (χ1v) is 8.70. The van der Waals surface area contributed by atoms with Crippen LogP contribution in [0.2, 0.25) is 0 Å². The van der Waals surface area contributed by atoms with Gasteiger partial charge in [0.1, 0.15) is 6.04 Å². The zero-order valence-corrected chi connectivity index (χ0v) is 13.1. The smallest absolute Gasteiger partial charge is 0.240 e. The minimum Gasteiger partial charge on any atom is -0.368 e. The molecule has 4 atom stereocenters. The number of primary amides is 1. The van der Waals surface area contributed by atoms with Crippen LogP contribution < -0.4 is 16.4 Å². The molecule has 0 spiro atoms. The second-order valence-electron chi connectivity index (χ2n) is 5.84. The van der Waals surface area contributed by atoms with Crippen molar-refractivity contribution in [2.75, 3.05) is 12.8 Å². The first-order valence-electron chi connectivity index (χ1n) is 7.41. The maximum absolute atomic E-state index is 12.2. The summed E-state index contributed by atoms with van der Waals surface area (Å²) in [5, 5.41) is 6.00. The number of hydrogen-bond acceptors (Lipinski definition) is 4. The van der Waals surface area contributed by atoms with Crippen LogP contribution in [0.4, 0.5) is 0 Å². The van der Waals surface area contributed by atoms with E-state index in [0.717, 1.165) is 19.3 Å². The predicted molar refractivity (Wildman–Crippen MR) is 81.5 cm³/mol. The average Bonchev–Trinajstić information content (AvgIpc) is 3.07. The van der Waals surface area contributed by atoms with Crippen LogP contribution in [0, 0.1) is 11.8 Å². The molecule has 0 aromatic rings. The van der Waals surface area contributed by atoms with E-state index in [4.69, 9.17) is 5.73 Å². The van der Waals surface area contributed by atoms with Gasteiger partial charge in [-0.2, -0.15) is 11.8 Å². The Hall–Kier alpha value is -1.24. The number of nitrogens with one attached hydrogen (secondary N) is 2. The number of rotatable bonds is 6. The van der Waals surface area contributed by atoms with Crippen molar-refractivity contribution in [3.8, 4) is 0 Å². The van der Waals surface area contributed by atoms with E-state index in [1.54, 1.807) is 11.8 Å². The number of carbonyl (C=O) groups is 3. The molecule has 2 aliphatic rings. The van der Waals surface area contributed by atoms with Gasteiger partial charge in [0.25, 0.3) is 0 Å². The van der Waals surface area contributed by atoms with Crippen LogP contribution in [0.5, 0.6) is 0 Å². The molecule has 0 aromatic heterocycles. The standard InChI is InChI=1S/C14H23N3O3S/c1-21-10-3-2-8(6-10)14(20)17-11(12(15)18)7-9-4-5-16-13(9)19/h8-11H,2-7H2,1H3,(H2,15,18)(H,16,19)(H,17,20)/t8-,9-,10-,11-/m0/s1. The Morgan fingerprint density at radius 2 is 2.19 bits per heavy atom. The Bertz CT molecular complexity index is 430. The molecule has 1 heterocycles. The van der Waals surface area contributed by atoms with Gasteiger partial charge in [0.05, 0.1) is 0 Å². The van der Waals surface area contributed by atoms with Crippen molar-refractivity contribution in [3.05, 3.63) is 0 Å². The highest BCUT2D eigenvalue weighted by atomic mass is 32.2. The van der Waals surface area contributed by atoms with E-state index in [1.807, 2.05) is 0 Å². The fourth-order valence-electron chi connectivity index (χ4n) is 3.08. The normalized spacial score (nSPS) is 30.0. The molecule has 1 saturated heterocycles. The fourth-order valence-corrected chi connectivity index (χ4v) is 3.88. The van der Waals surface area contributed by atoms with E-state index in [2.05, 4.69) is 16.9 Å². The molecular formula is C14H23N3O3S. The molecule has 4 N–H and O–H groups in total. The third-order valence-electron chi connectivity index (χ3n) is 4.43. The second-order valence-corrected chi connectivity index (χ2v) is 6.98. The highest BCUT2D eigenvalue weighted by Gasteiger charge is 2.34. The van der Waals surface area contributed by atoms with Gasteiger partial charge in [0.2, 0.25) is 17.7 Å². The largest absolute Gasteiger partial charge is 0.368 e. The van der Waals surface area contributed by atoms with E-state index < -0.39 is 11.9 Å². The summed E-state index contributed by atoms with van der Waals surface area (Å²) >= 11 is 1.78. The van der Waals surface area contributed by atoms with Crippen LogP contribution in [0.15, 0.2) is 0 Å². The molecule has 1 aliphatic heterocycles. The van der Waals surface area contributed by atoms with E-state index in [-0.39, 0.29) is 23.7 Å². The minimum absolute atomic E-state index is 0.0401. The minimum atomic E-state index is -0.750. The van der Waals surface area contributed by atoms with Crippen LogP contribution in [-0.4, -0.2) is 41.8 Å². The topological polar surface area (TPSA) is 101 Å². The average molecular weight is 313 g/mol. The Kier molecular flexibility index (Phi) is 5.50. The van der Waals surface area contributed by atoms with Gasteiger partial charge in [0.15, 0.2) is 0 Å². The molecule has 0 aromatic carbocycles. The van der Waals surface area contributed by atoms with Crippen LogP contribution in [0.25, 0.3) is 0 Å². The molecule has 7 heteroatoms. The fraction of sp³-hybridized carbons (Fsp3) is 0.786. The van der Waals surface area contributed by atoms with Crippen molar-refractivity contribution in [2.45, 2.75) is 43.4 Å². The Labute approximate surface area is 129 Å². The van der Waals surface area contributed by atoms with Crippen LogP contribution >= 0.6 is 11.8 Å². The molecule has 2 fully saturated rings. The monoisotopic (exact) mass is 313 g/mol. The highest BCUT2D eigenvalue weighted by Crippen LogP contribution is 2.33. The summed E-state index contributed by atoms with van der Waals surface area (Å²) < 4.78 is 0. The van der Waals surface area contributed by atoms with Crippen molar-refractivity contribution in [1.29, 1.82) is 0 Å². The molecule has 1 aliphatic carbocycles. The summed E-state index contributed by atoms with van der Waals surface area (Å²) in [5.41, 5.74) is 5.37. The Morgan fingerprint density at radius 3 is 2.71 bits per heavy atom. The molecule has 0 bridgehead atoms. The lowest BCUT2D eigenvalue weighted by atomic mass is 9.97. The van der Waals surface area contributed by atoms with Crippen molar-refractivity contribution in [3.63, 3.8) is 0 Å². The highest BCUT2D eigenvalue weighted by molar-refractivity contribution is 7.99. The van der Waals surface area contributed by atoms with Gasteiger partial charge in [-0.05, 0) is 38.4 Å². The molecular weight excluding hydrogens is 290 g/mol. The molecule has 118 valence electrons. The zero-order valence-electron chi connectivity index (χ0n) is 12.3. The molecule has 0 unspecified atom stereocenters. The lowest BCUT2D eigenvalue weighted by Crippen LogP contribution is -2.47. The number of carbonyl (C=O) groups excluding carboxylic acids is 3. The molecule has 2 rings (SSSR count). The lowest BCUT2D eigenvalue weighted by Gasteiger charge is -2.20. The Morgan fingerprint density at radius 1 is 1.43 bits per heavy atom. The van der Waals surface area contributed by atoms with Crippen LogP contribution in [0.3, 0.4) is 0 Å². The Balaban J connectivity index is 1.89. The van der Waals surface area contributed by atoms with Gasteiger partial charge >= 0.3 is 0 Å². The van der Waals surface area contributed by atoms with E-state index in [9.17, 15) is 14.4 Å². The van der Waals surface area contributed by atoms with Gasteiger partial charge in [-0.15, -0.1) is 0 Å². The quantitative estimate of drug-likeness (QED) is 0.643. The molecule has 0 radical (unpaired) electrons. The van der Waals surface area contributed by atoms with Gasteiger partial charge in [0, 0.05) is 23.6 Å². The van der Waals surface area contributed by atoms with Gasteiger partial charge in [-0.3, -0.25) is 14.4 Å². The maximum Gasteiger partial charge on any atom is 0.240 e. The first kappa shape index (κ1) is 16.1. The molecule has 21 heavy (non-hydrogen) atoms. The summed E-state index contributed by atoms with van der Waals surface area (Å²) in [5.74, 6) is -0.998. The number of thioether (sulfide) groups is 1.